The third-order valence-electron chi connectivity index (χ3n) is 4.11. The summed E-state index contributed by atoms with van der Waals surface area (Å²) in [6, 6.07) is 4.46. The molecule has 0 radical (unpaired) electrons. The zero-order valence-corrected chi connectivity index (χ0v) is 14.0. The van der Waals surface area contributed by atoms with Gasteiger partial charge in [0.15, 0.2) is 0 Å². The SMILES string of the molecule is CCOC1CC(NS(=O)(=O)c2c(N)cccc2Cl)C1(C)C. The Kier molecular flexibility index (Phi) is 4.54. The van der Waals surface area contributed by atoms with Crippen LogP contribution in [0.15, 0.2) is 23.1 Å². The van der Waals surface area contributed by atoms with Crippen LogP contribution in [0.3, 0.4) is 0 Å². The number of rotatable bonds is 5. The van der Waals surface area contributed by atoms with Gasteiger partial charge in [-0.1, -0.05) is 31.5 Å². The first-order valence-electron chi connectivity index (χ1n) is 6.88. The Morgan fingerprint density at radius 2 is 2.14 bits per heavy atom. The largest absolute Gasteiger partial charge is 0.398 e. The maximum Gasteiger partial charge on any atom is 0.244 e. The molecule has 7 heteroatoms. The molecule has 1 aliphatic rings. The van der Waals surface area contributed by atoms with Gasteiger partial charge in [-0.3, -0.25) is 0 Å². The Morgan fingerprint density at radius 3 is 2.67 bits per heavy atom. The molecular formula is C14H21ClN2O3S. The minimum absolute atomic E-state index is 0.0534. The summed E-state index contributed by atoms with van der Waals surface area (Å²) in [4.78, 5) is -0.0534. The fourth-order valence-electron chi connectivity index (χ4n) is 2.62. The Morgan fingerprint density at radius 1 is 1.48 bits per heavy atom. The predicted molar refractivity (Wildman–Crippen MR) is 83.8 cm³/mol. The van der Waals surface area contributed by atoms with Crippen molar-refractivity contribution in [1.82, 2.24) is 4.72 Å². The van der Waals surface area contributed by atoms with Crippen molar-refractivity contribution in [2.75, 3.05) is 12.3 Å². The van der Waals surface area contributed by atoms with E-state index in [4.69, 9.17) is 22.1 Å². The van der Waals surface area contributed by atoms with Crippen molar-refractivity contribution in [3.63, 3.8) is 0 Å². The van der Waals surface area contributed by atoms with E-state index in [-0.39, 0.29) is 33.2 Å². The molecule has 2 atom stereocenters. The standard InChI is InChI=1S/C14H21ClN2O3S/c1-4-20-12-8-11(14(12,2)3)17-21(18,19)13-9(15)6-5-7-10(13)16/h5-7,11-12,17H,4,8,16H2,1-3H3. The Hall–Kier alpha value is -0.820. The molecule has 0 bridgehead atoms. The third-order valence-corrected chi connectivity index (χ3v) is 6.12. The second-order valence-corrected chi connectivity index (χ2v) is 7.89. The highest BCUT2D eigenvalue weighted by molar-refractivity contribution is 7.89. The quantitative estimate of drug-likeness (QED) is 0.811. The van der Waals surface area contributed by atoms with Gasteiger partial charge in [0.05, 0.1) is 16.8 Å². The van der Waals surface area contributed by atoms with Crippen LogP contribution in [-0.2, 0) is 14.8 Å². The van der Waals surface area contributed by atoms with Crippen LogP contribution in [0.2, 0.25) is 5.02 Å². The van der Waals surface area contributed by atoms with E-state index in [1.54, 1.807) is 6.07 Å². The molecule has 0 amide bonds. The molecule has 5 nitrogen and oxygen atoms in total. The predicted octanol–water partition coefficient (Wildman–Crippen LogP) is 2.40. The lowest BCUT2D eigenvalue weighted by molar-refractivity contribution is -0.108. The second-order valence-electron chi connectivity index (χ2n) is 5.83. The summed E-state index contributed by atoms with van der Waals surface area (Å²) in [5.74, 6) is 0. The molecule has 21 heavy (non-hydrogen) atoms. The van der Waals surface area contributed by atoms with Crippen LogP contribution in [0.4, 0.5) is 5.69 Å². The molecule has 118 valence electrons. The van der Waals surface area contributed by atoms with Gasteiger partial charge < -0.3 is 10.5 Å². The summed E-state index contributed by atoms with van der Waals surface area (Å²) < 4.78 is 33.3. The molecule has 0 aliphatic heterocycles. The number of hydrogen-bond acceptors (Lipinski definition) is 4. The van der Waals surface area contributed by atoms with Crippen molar-refractivity contribution >= 4 is 27.3 Å². The monoisotopic (exact) mass is 332 g/mol. The van der Waals surface area contributed by atoms with E-state index in [1.807, 2.05) is 20.8 Å². The first-order chi connectivity index (χ1) is 9.70. The summed E-state index contributed by atoms with van der Waals surface area (Å²) in [6.45, 7) is 6.52. The number of benzene rings is 1. The molecule has 2 rings (SSSR count). The maximum atomic E-state index is 12.5. The number of hydrogen-bond donors (Lipinski definition) is 2. The van der Waals surface area contributed by atoms with Gasteiger partial charge in [-0.15, -0.1) is 0 Å². The van der Waals surface area contributed by atoms with E-state index in [2.05, 4.69) is 4.72 Å². The van der Waals surface area contributed by atoms with Crippen molar-refractivity contribution in [2.24, 2.45) is 5.41 Å². The highest BCUT2D eigenvalue weighted by atomic mass is 35.5. The number of nitrogens with two attached hydrogens (primary N) is 1. The average Bonchev–Trinajstić information content (AvgIpc) is 2.37. The molecule has 1 saturated carbocycles. The van der Waals surface area contributed by atoms with Gasteiger partial charge in [0.25, 0.3) is 0 Å². The summed E-state index contributed by atoms with van der Waals surface area (Å²) >= 11 is 5.98. The highest BCUT2D eigenvalue weighted by Gasteiger charge is 2.50. The van der Waals surface area contributed by atoms with Crippen LogP contribution >= 0.6 is 11.6 Å². The Balaban J connectivity index is 2.21. The number of halogens is 1. The molecule has 2 unspecified atom stereocenters. The van der Waals surface area contributed by atoms with E-state index in [1.165, 1.54) is 12.1 Å². The first-order valence-corrected chi connectivity index (χ1v) is 8.74. The van der Waals surface area contributed by atoms with Gasteiger partial charge in [-0.25, -0.2) is 13.1 Å². The minimum Gasteiger partial charge on any atom is -0.398 e. The van der Waals surface area contributed by atoms with Crippen LogP contribution in [-0.4, -0.2) is 27.2 Å². The number of ether oxygens (including phenoxy) is 1. The van der Waals surface area contributed by atoms with Crippen LogP contribution in [0, 0.1) is 5.41 Å². The number of nitrogens with one attached hydrogen (secondary N) is 1. The highest BCUT2D eigenvalue weighted by Crippen LogP contribution is 2.43. The van der Waals surface area contributed by atoms with E-state index in [0.29, 0.717) is 13.0 Å². The fraction of sp³-hybridized carbons (Fsp3) is 0.571. The van der Waals surface area contributed by atoms with Gasteiger partial charge in [0.1, 0.15) is 4.90 Å². The van der Waals surface area contributed by atoms with E-state index in [0.717, 1.165) is 0 Å². The van der Waals surface area contributed by atoms with Gasteiger partial charge in [0.2, 0.25) is 10.0 Å². The Bertz CT molecular complexity index is 611. The summed E-state index contributed by atoms with van der Waals surface area (Å²) in [6.07, 6.45) is 0.698. The molecule has 1 fully saturated rings. The average molecular weight is 333 g/mol. The lowest BCUT2D eigenvalue weighted by Gasteiger charge is -2.51. The topological polar surface area (TPSA) is 81.4 Å². The Labute approximate surface area is 130 Å². The molecule has 0 spiro atoms. The van der Waals surface area contributed by atoms with E-state index in [9.17, 15) is 8.42 Å². The van der Waals surface area contributed by atoms with Crippen molar-refractivity contribution in [2.45, 2.75) is 44.2 Å². The molecule has 1 aromatic rings. The first kappa shape index (κ1) is 16.5. The number of anilines is 1. The van der Waals surface area contributed by atoms with Crippen molar-refractivity contribution in [1.29, 1.82) is 0 Å². The summed E-state index contributed by atoms with van der Waals surface area (Å²) in [5, 5.41) is 0.126. The summed E-state index contributed by atoms with van der Waals surface area (Å²) in [7, 11) is -3.75. The van der Waals surface area contributed by atoms with E-state index >= 15 is 0 Å². The third kappa shape index (κ3) is 3.04. The molecule has 3 N–H and O–H groups in total. The molecule has 0 aromatic heterocycles. The smallest absolute Gasteiger partial charge is 0.244 e. The van der Waals surface area contributed by atoms with Crippen molar-refractivity contribution in [3.8, 4) is 0 Å². The van der Waals surface area contributed by atoms with Crippen LogP contribution in [0.5, 0.6) is 0 Å². The van der Waals surface area contributed by atoms with Crippen LogP contribution in [0.25, 0.3) is 0 Å². The van der Waals surface area contributed by atoms with Gasteiger partial charge in [-0.05, 0) is 25.5 Å². The zero-order chi connectivity index (χ0) is 15.8. The zero-order valence-electron chi connectivity index (χ0n) is 12.4. The minimum atomic E-state index is -3.75. The van der Waals surface area contributed by atoms with Gasteiger partial charge in [-0.2, -0.15) is 0 Å². The molecule has 1 aliphatic carbocycles. The van der Waals surface area contributed by atoms with Crippen LogP contribution in [0.1, 0.15) is 27.2 Å². The van der Waals surface area contributed by atoms with E-state index < -0.39 is 10.0 Å². The molecular weight excluding hydrogens is 312 g/mol. The second kappa shape index (κ2) is 5.76. The lowest BCUT2D eigenvalue weighted by atomic mass is 9.65. The molecule has 0 saturated heterocycles. The van der Waals surface area contributed by atoms with Gasteiger partial charge >= 0.3 is 0 Å². The molecule has 0 heterocycles. The normalized spacial score (nSPS) is 24.6. The van der Waals surface area contributed by atoms with Gasteiger partial charge in [0, 0.05) is 18.1 Å². The van der Waals surface area contributed by atoms with Crippen molar-refractivity contribution < 1.29 is 13.2 Å². The van der Waals surface area contributed by atoms with Crippen LogP contribution < -0.4 is 10.5 Å². The molecule has 1 aromatic carbocycles. The summed E-state index contributed by atoms with van der Waals surface area (Å²) in [5.41, 5.74) is 5.64. The van der Waals surface area contributed by atoms with Crippen molar-refractivity contribution in [3.05, 3.63) is 23.2 Å². The lowest BCUT2D eigenvalue weighted by Crippen LogP contribution is -2.61. The number of sulfonamides is 1. The fourth-order valence-corrected chi connectivity index (χ4v) is 4.71. The number of nitrogen functional groups attached to an aromatic ring is 1. The maximum absolute atomic E-state index is 12.5.